The molecule has 88 valence electrons. The van der Waals surface area contributed by atoms with Gasteiger partial charge in [0.15, 0.2) is 0 Å². The van der Waals surface area contributed by atoms with Crippen molar-refractivity contribution >= 4 is 5.97 Å². The molecule has 1 aromatic carbocycles. The lowest BCUT2D eigenvalue weighted by Gasteiger charge is -2.01. The van der Waals surface area contributed by atoms with Gasteiger partial charge in [-0.1, -0.05) is 12.1 Å². The normalized spacial score (nSPS) is 10.2. The summed E-state index contributed by atoms with van der Waals surface area (Å²) in [7, 11) is 3.19. The number of methoxy groups -OCH3 is 1. The third-order valence-electron chi connectivity index (χ3n) is 2.46. The number of aryl methyl sites for hydroxylation is 1. The molecule has 0 aliphatic rings. The first-order chi connectivity index (χ1) is 8.11. The molecule has 0 bridgehead atoms. The third-order valence-corrected chi connectivity index (χ3v) is 2.46. The molecular formula is C12H12N2O3. The maximum Gasteiger partial charge on any atom is 0.354 e. The summed E-state index contributed by atoms with van der Waals surface area (Å²) >= 11 is 0. The number of aromatic carboxylic acids is 1. The Morgan fingerprint density at radius 3 is 2.76 bits per heavy atom. The van der Waals surface area contributed by atoms with Crippen LogP contribution in [0.4, 0.5) is 0 Å². The lowest BCUT2D eigenvalue weighted by Crippen LogP contribution is -2.04. The van der Waals surface area contributed by atoms with Gasteiger partial charge in [0.2, 0.25) is 0 Å². The SMILES string of the molecule is COc1cccc(-c2cc(C(=O)O)n(C)n2)c1. The molecule has 0 atom stereocenters. The van der Waals surface area contributed by atoms with Crippen molar-refractivity contribution in [3.63, 3.8) is 0 Å². The number of carboxylic acid groups (broad SMARTS) is 1. The Bertz CT molecular complexity index is 561. The number of carboxylic acids is 1. The van der Waals surface area contributed by atoms with E-state index in [1.54, 1.807) is 14.2 Å². The quantitative estimate of drug-likeness (QED) is 0.876. The fraction of sp³-hybridized carbons (Fsp3) is 0.167. The summed E-state index contributed by atoms with van der Waals surface area (Å²) in [5.41, 5.74) is 1.60. The molecule has 0 amide bonds. The standard InChI is InChI=1S/C12H12N2O3/c1-14-11(12(15)16)7-10(13-14)8-4-3-5-9(6-8)17-2/h3-7H,1-2H3,(H,15,16). The lowest BCUT2D eigenvalue weighted by atomic mass is 10.1. The van der Waals surface area contributed by atoms with E-state index < -0.39 is 5.97 Å². The Balaban J connectivity index is 2.46. The number of hydrogen-bond acceptors (Lipinski definition) is 3. The van der Waals surface area contributed by atoms with Gasteiger partial charge in [-0.25, -0.2) is 4.79 Å². The highest BCUT2D eigenvalue weighted by atomic mass is 16.5. The van der Waals surface area contributed by atoms with E-state index in [0.29, 0.717) is 11.4 Å². The lowest BCUT2D eigenvalue weighted by molar-refractivity contribution is 0.0685. The second-order valence-electron chi connectivity index (χ2n) is 3.58. The fourth-order valence-electron chi connectivity index (χ4n) is 1.59. The van der Waals surface area contributed by atoms with Crippen molar-refractivity contribution < 1.29 is 14.6 Å². The molecule has 2 rings (SSSR count). The maximum absolute atomic E-state index is 10.9. The molecule has 0 aliphatic heterocycles. The molecule has 0 saturated carbocycles. The van der Waals surface area contributed by atoms with Crippen molar-refractivity contribution in [2.24, 2.45) is 7.05 Å². The molecule has 0 spiro atoms. The van der Waals surface area contributed by atoms with E-state index in [4.69, 9.17) is 9.84 Å². The van der Waals surface area contributed by atoms with E-state index in [9.17, 15) is 4.79 Å². The molecule has 5 heteroatoms. The number of ether oxygens (including phenoxy) is 1. The Hall–Kier alpha value is -2.30. The first-order valence-corrected chi connectivity index (χ1v) is 5.03. The van der Waals surface area contributed by atoms with Crippen molar-refractivity contribution in [3.8, 4) is 17.0 Å². The zero-order valence-corrected chi connectivity index (χ0v) is 9.54. The van der Waals surface area contributed by atoms with E-state index in [1.165, 1.54) is 10.7 Å². The van der Waals surface area contributed by atoms with Crippen LogP contribution >= 0.6 is 0 Å². The molecular weight excluding hydrogens is 220 g/mol. The Morgan fingerprint density at radius 1 is 1.41 bits per heavy atom. The first kappa shape index (κ1) is 11.2. The minimum Gasteiger partial charge on any atom is -0.497 e. The summed E-state index contributed by atoms with van der Waals surface area (Å²) in [6.07, 6.45) is 0. The summed E-state index contributed by atoms with van der Waals surface area (Å²) in [5.74, 6) is -0.279. The molecule has 17 heavy (non-hydrogen) atoms. The van der Waals surface area contributed by atoms with Crippen LogP contribution in [0.3, 0.4) is 0 Å². The smallest absolute Gasteiger partial charge is 0.354 e. The maximum atomic E-state index is 10.9. The van der Waals surface area contributed by atoms with Crippen LogP contribution in [0.1, 0.15) is 10.5 Å². The molecule has 0 radical (unpaired) electrons. The average molecular weight is 232 g/mol. The average Bonchev–Trinajstić information content (AvgIpc) is 2.71. The zero-order valence-electron chi connectivity index (χ0n) is 9.54. The van der Waals surface area contributed by atoms with Gasteiger partial charge in [0.25, 0.3) is 0 Å². The monoisotopic (exact) mass is 232 g/mol. The highest BCUT2D eigenvalue weighted by Gasteiger charge is 2.12. The number of carbonyl (C=O) groups is 1. The van der Waals surface area contributed by atoms with E-state index >= 15 is 0 Å². The van der Waals surface area contributed by atoms with Gasteiger partial charge in [0.1, 0.15) is 11.4 Å². The minimum atomic E-state index is -0.992. The van der Waals surface area contributed by atoms with E-state index in [1.807, 2.05) is 24.3 Å². The van der Waals surface area contributed by atoms with Crippen LogP contribution in [0.25, 0.3) is 11.3 Å². The Morgan fingerprint density at radius 2 is 2.18 bits per heavy atom. The van der Waals surface area contributed by atoms with Gasteiger partial charge in [-0.15, -0.1) is 0 Å². The van der Waals surface area contributed by atoms with Crippen molar-refractivity contribution in [2.45, 2.75) is 0 Å². The number of nitrogens with zero attached hydrogens (tertiary/aromatic N) is 2. The Labute approximate surface area is 98.3 Å². The second-order valence-corrected chi connectivity index (χ2v) is 3.58. The van der Waals surface area contributed by atoms with E-state index in [-0.39, 0.29) is 5.69 Å². The third kappa shape index (κ3) is 2.13. The van der Waals surface area contributed by atoms with Crippen molar-refractivity contribution in [2.75, 3.05) is 7.11 Å². The second kappa shape index (κ2) is 4.29. The highest BCUT2D eigenvalue weighted by molar-refractivity contribution is 5.87. The summed E-state index contributed by atoms with van der Waals surface area (Å²) in [6, 6.07) is 8.87. The van der Waals surface area contributed by atoms with Gasteiger partial charge in [0.05, 0.1) is 12.8 Å². The topological polar surface area (TPSA) is 64.3 Å². The van der Waals surface area contributed by atoms with Crippen molar-refractivity contribution in [3.05, 3.63) is 36.0 Å². The minimum absolute atomic E-state index is 0.155. The Kier molecular flexibility index (Phi) is 2.82. The van der Waals surface area contributed by atoms with Crippen LogP contribution in [0.15, 0.2) is 30.3 Å². The van der Waals surface area contributed by atoms with Gasteiger partial charge >= 0.3 is 5.97 Å². The van der Waals surface area contributed by atoms with Gasteiger partial charge < -0.3 is 9.84 Å². The first-order valence-electron chi connectivity index (χ1n) is 5.03. The predicted molar refractivity (Wildman–Crippen MR) is 62.2 cm³/mol. The highest BCUT2D eigenvalue weighted by Crippen LogP contribution is 2.23. The van der Waals surface area contributed by atoms with E-state index in [2.05, 4.69) is 5.10 Å². The van der Waals surface area contributed by atoms with Crippen LogP contribution in [-0.4, -0.2) is 28.0 Å². The summed E-state index contributed by atoms with van der Waals surface area (Å²) in [4.78, 5) is 10.9. The largest absolute Gasteiger partial charge is 0.497 e. The molecule has 0 saturated heterocycles. The molecule has 0 aliphatic carbocycles. The van der Waals surface area contributed by atoms with Gasteiger partial charge in [0, 0.05) is 12.6 Å². The van der Waals surface area contributed by atoms with Crippen LogP contribution in [0.5, 0.6) is 5.75 Å². The summed E-state index contributed by atoms with van der Waals surface area (Å²) in [5, 5.41) is 13.1. The molecule has 1 aromatic heterocycles. The molecule has 2 aromatic rings. The van der Waals surface area contributed by atoms with Gasteiger partial charge in [-0.2, -0.15) is 5.10 Å². The van der Waals surface area contributed by atoms with E-state index in [0.717, 1.165) is 5.56 Å². The molecule has 0 unspecified atom stereocenters. The predicted octanol–water partition coefficient (Wildman–Crippen LogP) is 1.79. The molecule has 1 N–H and O–H groups in total. The van der Waals surface area contributed by atoms with Crippen LogP contribution in [0, 0.1) is 0 Å². The van der Waals surface area contributed by atoms with Crippen molar-refractivity contribution in [1.29, 1.82) is 0 Å². The van der Waals surface area contributed by atoms with Crippen LogP contribution < -0.4 is 4.74 Å². The molecule has 1 heterocycles. The van der Waals surface area contributed by atoms with Crippen molar-refractivity contribution in [1.82, 2.24) is 9.78 Å². The fourth-order valence-corrected chi connectivity index (χ4v) is 1.59. The number of aromatic nitrogens is 2. The summed E-state index contributed by atoms with van der Waals surface area (Å²) in [6.45, 7) is 0. The summed E-state index contributed by atoms with van der Waals surface area (Å²) < 4.78 is 6.45. The number of hydrogen-bond donors (Lipinski definition) is 1. The van der Waals surface area contributed by atoms with Gasteiger partial charge in [-0.05, 0) is 18.2 Å². The van der Waals surface area contributed by atoms with Crippen LogP contribution in [0.2, 0.25) is 0 Å². The molecule has 0 fully saturated rings. The zero-order chi connectivity index (χ0) is 12.4. The number of rotatable bonds is 3. The number of benzene rings is 1. The molecule has 5 nitrogen and oxygen atoms in total. The van der Waals surface area contributed by atoms with Crippen LogP contribution in [-0.2, 0) is 7.05 Å². The van der Waals surface area contributed by atoms with Gasteiger partial charge in [-0.3, -0.25) is 4.68 Å².